The van der Waals surface area contributed by atoms with E-state index in [4.69, 9.17) is 18.9 Å². The van der Waals surface area contributed by atoms with E-state index < -0.39 is 17.8 Å². The fraction of sp³-hybridized carbons (Fsp3) is 0.566. The van der Waals surface area contributed by atoms with Gasteiger partial charge in [-0.1, -0.05) is 293 Å². The van der Waals surface area contributed by atoms with Crippen molar-refractivity contribution < 1.29 is 33.3 Å². The molecular weight excluding hydrogens is 1050 g/mol. The summed E-state index contributed by atoms with van der Waals surface area (Å²) in [6.07, 6.45) is 48.5. The zero-order valence-corrected chi connectivity index (χ0v) is 53.0. The Morgan fingerprint density at radius 2 is 0.671 bits per heavy atom. The molecule has 0 aliphatic carbocycles. The van der Waals surface area contributed by atoms with Gasteiger partial charge in [-0.3, -0.25) is 20.2 Å². The highest BCUT2D eigenvalue weighted by molar-refractivity contribution is 6.31. The molecule has 0 atom stereocenters. The van der Waals surface area contributed by atoms with Gasteiger partial charge in [-0.2, -0.15) is 0 Å². The number of urea groups is 1. The number of fused-ring (bicyclic) bond motifs is 1. The molecule has 1 aliphatic heterocycles. The highest BCUT2D eigenvalue weighted by Crippen LogP contribution is 2.40. The van der Waals surface area contributed by atoms with E-state index in [2.05, 4.69) is 104 Å². The Bertz CT molecular complexity index is 2620. The second-order valence-electron chi connectivity index (χ2n) is 24.1. The van der Waals surface area contributed by atoms with Crippen LogP contribution in [0.15, 0.2) is 103 Å². The van der Waals surface area contributed by atoms with Gasteiger partial charge in [-0.05, 0) is 106 Å². The minimum absolute atomic E-state index is 0.110. The van der Waals surface area contributed by atoms with Gasteiger partial charge in [-0.25, -0.2) is 4.79 Å². The first-order valence-electron chi connectivity index (χ1n) is 34.2. The van der Waals surface area contributed by atoms with Crippen molar-refractivity contribution >= 4 is 34.7 Å². The largest absolute Gasteiger partial charge is 0.490 e. The molecule has 5 aromatic carbocycles. The van der Waals surface area contributed by atoms with Crippen LogP contribution < -0.4 is 29.6 Å². The monoisotopic (exact) mass is 1160 g/mol. The Hall–Kier alpha value is -6.09. The Kier molecular flexibility index (Phi) is 33.5. The van der Waals surface area contributed by atoms with E-state index in [1.165, 1.54) is 218 Å². The number of amides is 4. The van der Waals surface area contributed by atoms with Gasteiger partial charge in [0.05, 0.1) is 19.8 Å². The maximum atomic E-state index is 12.2. The van der Waals surface area contributed by atoms with E-state index in [0.29, 0.717) is 32.0 Å². The number of hydrogen-bond acceptors (Lipinski definition) is 7. The van der Waals surface area contributed by atoms with Crippen LogP contribution in [-0.4, -0.2) is 37.7 Å². The van der Waals surface area contributed by atoms with E-state index in [0.717, 1.165) is 80.9 Å². The van der Waals surface area contributed by atoms with E-state index in [9.17, 15) is 14.4 Å². The van der Waals surface area contributed by atoms with Gasteiger partial charge in [0.2, 0.25) is 5.75 Å². The minimum atomic E-state index is -0.813. The third kappa shape index (κ3) is 26.6. The first kappa shape index (κ1) is 68.0. The predicted molar refractivity (Wildman–Crippen MR) is 355 cm³/mol. The van der Waals surface area contributed by atoms with Gasteiger partial charge in [0.25, 0.3) is 11.8 Å². The number of unbranched alkanes of at least 4 members (excludes halogenated alkanes) is 33. The Morgan fingerprint density at radius 1 is 0.341 bits per heavy atom. The SMILES string of the molecule is CCCCCCCCCCCCCCOc1cc(COc2ccc(-c3ccc4cc(-c5ccc(C=C6C(=O)NC(=O)NC6=O)cc5)ccc4c3)cc2)cc(OCCCCCCCCCCCCCC)c1OCCCCCCCCCCCCCC. The Balaban J connectivity index is 1.07. The molecular formula is C76H108N2O7. The van der Waals surface area contributed by atoms with Gasteiger partial charge in [0.1, 0.15) is 17.9 Å². The molecule has 85 heavy (non-hydrogen) atoms. The maximum Gasteiger partial charge on any atom is 0.328 e. The molecule has 0 unspecified atom stereocenters. The van der Waals surface area contributed by atoms with E-state index in [1.54, 1.807) is 0 Å². The molecule has 9 heteroatoms. The second kappa shape index (κ2) is 41.9. The molecule has 6 rings (SSSR count). The first-order valence-corrected chi connectivity index (χ1v) is 34.2. The minimum Gasteiger partial charge on any atom is -0.490 e. The number of imide groups is 2. The average Bonchev–Trinajstić information content (AvgIpc) is 3.58. The lowest BCUT2D eigenvalue weighted by atomic mass is 9.97. The summed E-state index contributed by atoms with van der Waals surface area (Å²) in [7, 11) is 0. The number of hydrogen-bond donors (Lipinski definition) is 2. The zero-order valence-electron chi connectivity index (χ0n) is 53.0. The third-order valence-corrected chi connectivity index (χ3v) is 16.8. The number of rotatable bonds is 48. The molecule has 0 bridgehead atoms. The van der Waals surface area contributed by atoms with E-state index >= 15 is 0 Å². The summed E-state index contributed by atoms with van der Waals surface area (Å²) >= 11 is 0. The van der Waals surface area contributed by atoms with Crippen LogP contribution in [0.4, 0.5) is 4.79 Å². The number of nitrogens with one attached hydrogen (secondary N) is 2. The van der Waals surface area contributed by atoms with Crippen LogP contribution in [0, 0.1) is 0 Å². The fourth-order valence-corrected chi connectivity index (χ4v) is 11.5. The number of carbonyl (C=O) groups is 3. The van der Waals surface area contributed by atoms with Gasteiger partial charge < -0.3 is 18.9 Å². The van der Waals surface area contributed by atoms with Crippen LogP contribution in [-0.2, 0) is 16.2 Å². The highest BCUT2D eigenvalue weighted by Gasteiger charge is 2.27. The molecule has 5 aromatic rings. The molecule has 0 spiro atoms. The second-order valence-corrected chi connectivity index (χ2v) is 24.1. The van der Waals surface area contributed by atoms with Gasteiger partial charge in [0, 0.05) is 0 Å². The predicted octanol–water partition coefficient (Wildman–Crippen LogP) is 21.7. The normalized spacial score (nSPS) is 12.4. The smallest absolute Gasteiger partial charge is 0.328 e. The maximum absolute atomic E-state index is 12.2. The Labute approximate surface area is 513 Å². The molecule has 9 nitrogen and oxygen atoms in total. The number of ether oxygens (including phenoxy) is 4. The molecule has 2 N–H and O–H groups in total. The highest BCUT2D eigenvalue weighted by atomic mass is 16.5. The first-order chi connectivity index (χ1) is 41.8. The van der Waals surface area contributed by atoms with Crippen molar-refractivity contribution in [1.29, 1.82) is 0 Å². The number of benzene rings is 5. The van der Waals surface area contributed by atoms with Gasteiger partial charge in [0.15, 0.2) is 11.5 Å². The van der Waals surface area contributed by atoms with Crippen molar-refractivity contribution in [2.45, 2.75) is 259 Å². The van der Waals surface area contributed by atoms with Crippen molar-refractivity contribution in [3.63, 3.8) is 0 Å². The fourth-order valence-electron chi connectivity index (χ4n) is 11.5. The molecule has 0 radical (unpaired) electrons. The van der Waals surface area contributed by atoms with Crippen LogP contribution in [0.5, 0.6) is 23.0 Å². The third-order valence-electron chi connectivity index (χ3n) is 16.8. The van der Waals surface area contributed by atoms with Crippen molar-refractivity contribution in [1.82, 2.24) is 10.6 Å². The molecule has 1 fully saturated rings. The van der Waals surface area contributed by atoms with Crippen molar-refractivity contribution in [3.05, 3.63) is 114 Å². The van der Waals surface area contributed by atoms with Crippen LogP contribution in [0.25, 0.3) is 39.1 Å². The summed E-state index contributed by atoms with van der Waals surface area (Å²) in [6.45, 7) is 9.19. The summed E-state index contributed by atoms with van der Waals surface area (Å²) < 4.78 is 26.7. The molecule has 1 heterocycles. The van der Waals surface area contributed by atoms with Crippen LogP contribution >= 0.6 is 0 Å². The van der Waals surface area contributed by atoms with Crippen LogP contribution in [0.2, 0.25) is 0 Å². The van der Waals surface area contributed by atoms with E-state index in [1.807, 2.05) is 24.3 Å². The van der Waals surface area contributed by atoms with Gasteiger partial charge in [-0.15, -0.1) is 0 Å². The molecule has 1 saturated heterocycles. The summed E-state index contributed by atoms with van der Waals surface area (Å²) in [4.78, 5) is 35.9. The molecule has 4 amide bonds. The quantitative estimate of drug-likeness (QED) is 0.0227. The van der Waals surface area contributed by atoms with E-state index in [-0.39, 0.29) is 5.57 Å². The number of barbiturate groups is 1. The standard InChI is InChI=1S/C76H108N2O7/c1-4-7-10-13-16-19-22-25-28-31-34-37-52-82-71-56-62(57-72(83-53-38-35-32-29-26-23-20-17-14-11-8-5-2)73(71)84-54-39-36-33-30-27-24-21-18-15-12-9-6-3)60-85-69-50-48-64(49-51-69)66-45-47-67-58-65(44-46-68(67)59-66)63-42-40-61(41-43-63)55-70-74(79)77-76(81)78-75(70)80/h40-51,55-59H,4-39,52-54,60H2,1-3H3,(H2,77,78,79,80,81). The lowest BCUT2D eigenvalue weighted by molar-refractivity contribution is -0.123. The van der Waals surface area contributed by atoms with Crippen molar-refractivity contribution in [3.8, 4) is 45.3 Å². The Morgan fingerprint density at radius 3 is 1.05 bits per heavy atom. The summed E-state index contributed by atoms with van der Waals surface area (Å²) in [6, 6.07) is 32.4. The molecule has 1 aliphatic rings. The summed E-state index contributed by atoms with van der Waals surface area (Å²) in [5.41, 5.74) is 5.84. The lowest BCUT2D eigenvalue weighted by Gasteiger charge is -2.19. The molecule has 0 aromatic heterocycles. The summed E-state index contributed by atoms with van der Waals surface area (Å²) in [5.74, 6) is 1.65. The van der Waals surface area contributed by atoms with Crippen LogP contribution in [0.3, 0.4) is 0 Å². The van der Waals surface area contributed by atoms with Crippen molar-refractivity contribution in [2.75, 3.05) is 19.8 Å². The lowest BCUT2D eigenvalue weighted by Crippen LogP contribution is -2.51. The summed E-state index contributed by atoms with van der Waals surface area (Å²) in [5, 5.41) is 6.48. The number of carbonyl (C=O) groups excluding carboxylic acids is 3. The average molecular weight is 1160 g/mol. The topological polar surface area (TPSA) is 112 Å². The zero-order chi connectivity index (χ0) is 59.8. The molecule has 0 saturated carbocycles. The van der Waals surface area contributed by atoms with Gasteiger partial charge >= 0.3 is 6.03 Å². The van der Waals surface area contributed by atoms with Crippen molar-refractivity contribution in [2.24, 2.45) is 0 Å². The van der Waals surface area contributed by atoms with Crippen LogP contribution in [0.1, 0.15) is 263 Å². The molecule has 464 valence electrons.